The summed E-state index contributed by atoms with van der Waals surface area (Å²) < 4.78 is 5.59. The van der Waals surface area contributed by atoms with Crippen molar-refractivity contribution in [3.63, 3.8) is 0 Å². The lowest BCUT2D eigenvalue weighted by Crippen LogP contribution is -2.41. The zero-order valence-corrected chi connectivity index (χ0v) is 14.9. The van der Waals surface area contributed by atoms with Crippen molar-refractivity contribution in [3.05, 3.63) is 0 Å². The second-order valence-corrected chi connectivity index (χ2v) is 7.37. The van der Waals surface area contributed by atoms with Gasteiger partial charge in [-0.2, -0.15) is 0 Å². The molecule has 1 heterocycles. The molecule has 0 aromatic rings. The van der Waals surface area contributed by atoms with Crippen molar-refractivity contribution < 1.29 is 4.74 Å². The van der Waals surface area contributed by atoms with E-state index in [-0.39, 0.29) is 0 Å². The van der Waals surface area contributed by atoms with Crippen LogP contribution in [0.3, 0.4) is 0 Å². The van der Waals surface area contributed by atoms with Crippen molar-refractivity contribution in [1.82, 2.24) is 5.32 Å². The van der Waals surface area contributed by atoms with Crippen molar-refractivity contribution >= 4 is 0 Å². The Kier molecular flexibility index (Phi) is 10.4. The van der Waals surface area contributed by atoms with Gasteiger partial charge in [0.2, 0.25) is 0 Å². The Morgan fingerprint density at radius 3 is 2.05 bits per heavy atom. The van der Waals surface area contributed by atoms with Gasteiger partial charge in [-0.25, -0.2) is 0 Å². The van der Waals surface area contributed by atoms with E-state index in [4.69, 9.17) is 4.74 Å². The predicted molar refractivity (Wildman–Crippen MR) is 92.9 cm³/mol. The molecule has 1 rings (SSSR count). The molecule has 0 bridgehead atoms. The fraction of sp³-hybridized carbons (Fsp3) is 1.00. The molecule has 2 heteroatoms. The number of nitrogens with one attached hydrogen (secondary N) is 1. The van der Waals surface area contributed by atoms with Crippen LogP contribution >= 0.6 is 0 Å². The van der Waals surface area contributed by atoms with Crippen molar-refractivity contribution in [3.8, 4) is 0 Å². The average Bonchev–Trinajstić information content (AvgIpc) is 2.49. The first kappa shape index (κ1) is 19.0. The predicted octanol–water partition coefficient (Wildman–Crippen LogP) is 5.31. The van der Waals surface area contributed by atoms with Crippen LogP contribution in [-0.2, 0) is 4.74 Å². The molecule has 0 saturated carbocycles. The van der Waals surface area contributed by atoms with Gasteiger partial charge in [-0.1, -0.05) is 72.1 Å². The Morgan fingerprint density at radius 1 is 0.905 bits per heavy atom. The second-order valence-electron chi connectivity index (χ2n) is 7.37. The average molecular weight is 298 g/mol. The minimum atomic E-state index is 0.519. The monoisotopic (exact) mass is 297 g/mol. The molecule has 0 spiro atoms. The van der Waals surface area contributed by atoms with E-state index in [9.17, 15) is 0 Å². The molecule has 2 nitrogen and oxygen atoms in total. The third kappa shape index (κ3) is 8.83. The zero-order chi connectivity index (χ0) is 15.4. The van der Waals surface area contributed by atoms with Crippen LogP contribution in [0.5, 0.6) is 0 Å². The molecule has 0 unspecified atom stereocenters. The Hall–Kier alpha value is -0.0800. The lowest BCUT2D eigenvalue weighted by atomic mass is 9.75. The van der Waals surface area contributed by atoms with Gasteiger partial charge >= 0.3 is 0 Å². The first-order chi connectivity index (χ1) is 10.2. The van der Waals surface area contributed by atoms with Crippen LogP contribution in [0.2, 0.25) is 0 Å². The standard InChI is InChI=1S/C19H39NO/c1-4-5-6-7-8-9-10-11-12-19(17-20-18(2)3)13-15-21-16-14-19/h18,20H,4-17H2,1-3H3. The van der Waals surface area contributed by atoms with E-state index >= 15 is 0 Å². The summed E-state index contributed by atoms with van der Waals surface area (Å²) in [5, 5.41) is 3.68. The second kappa shape index (κ2) is 11.5. The molecule has 21 heavy (non-hydrogen) atoms. The summed E-state index contributed by atoms with van der Waals surface area (Å²) in [5.74, 6) is 0. The molecule has 1 saturated heterocycles. The first-order valence-electron chi connectivity index (χ1n) is 9.50. The van der Waals surface area contributed by atoms with Gasteiger partial charge < -0.3 is 10.1 Å². The topological polar surface area (TPSA) is 21.3 Å². The van der Waals surface area contributed by atoms with Gasteiger partial charge in [-0.05, 0) is 24.7 Å². The van der Waals surface area contributed by atoms with Crippen LogP contribution < -0.4 is 5.32 Å². The van der Waals surface area contributed by atoms with Crippen molar-refractivity contribution in [2.24, 2.45) is 5.41 Å². The maximum atomic E-state index is 5.59. The maximum absolute atomic E-state index is 5.59. The van der Waals surface area contributed by atoms with E-state index in [1.54, 1.807) is 0 Å². The highest BCUT2D eigenvalue weighted by molar-refractivity contribution is 4.84. The number of ether oxygens (including phenoxy) is 1. The number of rotatable bonds is 12. The number of hydrogen-bond acceptors (Lipinski definition) is 2. The van der Waals surface area contributed by atoms with Crippen molar-refractivity contribution in [1.29, 1.82) is 0 Å². The summed E-state index contributed by atoms with van der Waals surface area (Å²) in [4.78, 5) is 0. The van der Waals surface area contributed by atoms with Crippen molar-refractivity contribution in [2.45, 2.75) is 97.4 Å². The Bertz CT molecular complexity index is 234. The largest absolute Gasteiger partial charge is 0.381 e. The molecule has 0 aromatic carbocycles. The fourth-order valence-electron chi connectivity index (χ4n) is 3.37. The molecule has 1 aliphatic rings. The molecule has 0 amide bonds. The minimum absolute atomic E-state index is 0.519. The van der Waals surface area contributed by atoms with Crippen LogP contribution in [0.4, 0.5) is 0 Å². The highest BCUT2D eigenvalue weighted by Gasteiger charge is 2.31. The summed E-state index contributed by atoms with van der Waals surface area (Å²) >= 11 is 0. The summed E-state index contributed by atoms with van der Waals surface area (Å²) in [5.41, 5.74) is 0.519. The number of hydrogen-bond donors (Lipinski definition) is 1. The smallest absolute Gasteiger partial charge is 0.0471 e. The van der Waals surface area contributed by atoms with Gasteiger partial charge in [0.05, 0.1) is 0 Å². The van der Waals surface area contributed by atoms with Crippen LogP contribution in [-0.4, -0.2) is 25.8 Å². The molecule has 126 valence electrons. The van der Waals surface area contributed by atoms with Crippen molar-refractivity contribution in [2.75, 3.05) is 19.8 Å². The third-order valence-corrected chi connectivity index (χ3v) is 5.00. The van der Waals surface area contributed by atoms with E-state index in [0.29, 0.717) is 11.5 Å². The molecule has 1 fully saturated rings. The van der Waals surface area contributed by atoms with Gasteiger partial charge in [-0.15, -0.1) is 0 Å². The minimum Gasteiger partial charge on any atom is -0.381 e. The van der Waals surface area contributed by atoms with Crippen LogP contribution in [0.25, 0.3) is 0 Å². The Morgan fingerprint density at radius 2 is 1.48 bits per heavy atom. The molecular formula is C19H39NO. The summed E-state index contributed by atoms with van der Waals surface area (Å²) in [6.07, 6.45) is 15.3. The molecule has 1 aliphatic heterocycles. The Balaban J connectivity index is 2.14. The van der Waals surface area contributed by atoms with E-state index in [2.05, 4.69) is 26.1 Å². The third-order valence-electron chi connectivity index (χ3n) is 5.00. The fourth-order valence-corrected chi connectivity index (χ4v) is 3.37. The summed E-state index contributed by atoms with van der Waals surface area (Å²) in [6.45, 7) is 9.92. The van der Waals surface area contributed by atoms with Gasteiger partial charge in [0, 0.05) is 25.8 Å². The molecule has 0 atom stereocenters. The highest BCUT2D eigenvalue weighted by Crippen LogP contribution is 2.35. The lowest BCUT2D eigenvalue weighted by molar-refractivity contribution is 0.00826. The quantitative estimate of drug-likeness (QED) is 0.493. The number of unbranched alkanes of at least 4 members (excludes halogenated alkanes) is 7. The van der Waals surface area contributed by atoms with E-state index < -0.39 is 0 Å². The van der Waals surface area contributed by atoms with Gasteiger partial charge in [0.15, 0.2) is 0 Å². The molecular weight excluding hydrogens is 258 g/mol. The van der Waals surface area contributed by atoms with Crippen LogP contribution in [0.15, 0.2) is 0 Å². The van der Waals surface area contributed by atoms with Gasteiger partial charge in [-0.3, -0.25) is 0 Å². The van der Waals surface area contributed by atoms with Crippen LogP contribution in [0, 0.1) is 5.41 Å². The van der Waals surface area contributed by atoms with Gasteiger partial charge in [0.1, 0.15) is 0 Å². The van der Waals surface area contributed by atoms with Crippen LogP contribution in [0.1, 0.15) is 91.4 Å². The zero-order valence-electron chi connectivity index (χ0n) is 14.9. The van der Waals surface area contributed by atoms with Gasteiger partial charge in [0.25, 0.3) is 0 Å². The molecule has 0 aliphatic carbocycles. The SMILES string of the molecule is CCCCCCCCCCC1(CNC(C)C)CCOCC1. The summed E-state index contributed by atoms with van der Waals surface area (Å²) in [6, 6.07) is 0.600. The molecule has 0 radical (unpaired) electrons. The van der Waals surface area contributed by atoms with E-state index in [1.165, 1.54) is 77.2 Å². The first-order valence-corrected chi connectivity index (χ1v) is 9.50. The van der Waals surface area contributed by atoms with E-state index in [0.717, 1.165) is 13.2 Å². The summed E-state index contributed by atoms with van der Waals surface area (Å²) in [7, 11) is 0. The maximum Gasteiger partial charge on any atom is 0.0471 e. The van der Waals surface area contributed by atoms with E-state index in [1.807, 2.05) is 0 Å². The normalized spacial score (nSPS) is 18.3. The molecule has 1 N–H and O–H groups in total. The lowest BCUT2D eigenvalue weighted by Gasteiger charge is -2.38. The highest BCUT2D eigenvalue weighted by atomic mass is 16.5. The Labute approximate surface area is 133 Å². The molecule has 0 aromatic heterocycles.